The summed E-state index contributed by atoms with van der Waals surface area (Å²) in [5.41, 5.74) is 0.773. The topological polar surface area (TPSA) is 145 Å². The van der Waals surface area contributed by atoms with Crippen molar-refractivity contribution in [2.75, 3.05) is 20.8 Å². The van der Waals surface area contributed by atoms with Crippen molar-refractivity contribution in [2.24, 2.45) is 22.2 Å². The van der Waals surface area contributed by atoms with E-state index in [0.717, 1.165) is 11.3 Å². The maximum atomic E-state index is 14.2. The van der Waals surface area contributed by atoms with E-state index in [9.17, 15) is 19.2 Å². The highest BCUT2D eigenvalue weighted by Gasteiger charge is 2.61. The van der Waals surface area contributed by atoms with Crippen molar-refractivity contribution in [3.63, 3.8) is 0 Å². The lowest BCUT2D eigenvalue weighted by atomic mass is 9.95. The van der Waals surface area contributed by atoms with Crippen LogP contribution in [0.25, 0.3) is 6.08 Å². The number of thiazole rings is 1. The average molecular weight is 782 g/mol. The number of esters is 3. The minimum atomic E-state index is -0.966. The number of hydrogen-bond acceptors (Lipinski definition) is 12. The fraction of sp³-hybridized carbons (Fsp3) is 0.289. The maximum Gasteiger partial charge on any atom is 0.379 e. The largest absolute Gasteiger partial charge is 0.493 e. The zero-order chi connectivity index (χ0) is 38.2. The van der Waals surface area contributed by atoms with E-state index in [4.69, 9.17) is 51.3 Å². The Morgan fingerprint density at radius 3 is 2.34 bits per heavy atom. The normalized spacial score (nSPS) is 18.7. The Morgan fingerprint density at radius 1 is 0.981 bits per heavy atom. The van der Waals surface area contributed by atoms with E-state index in [1.54, 1.807) is 62.4 Å². The third-order valence-corrected chi connectivity index (χ3v) is 10.3. The predicted octanol–water partition coefficient (Wildman–Crippen LogP) is 6.12. The SMILES string of the molecule is CCOC(=O)C1=C(C)N=c2s/c(=C\c3ccc(OC(=O)[C@@H]4[C@H](C=C(Cl)Cl)C4(C)C)c(OC)c3)c(=O)n2[C@@H]1c1ccc(OC(=O)c2ccco2)c(OC)c1. The number of methoxy groups -OCH3 is 2. The Bertz CT molecular complexity index is 2350. The average Bonchev–Trinajstić information content (AvgIpc) is 3.47. The molecule has 2 aromatic heterocycles. The lowest BCUT2D eigenvalue weighted by Crippen LogP contribution is -2.40. The molecular weight excluding hydrogens is 747 g/mol. The molecule has 0 saturated heterocycles. The first kappa shape index (κ1) is 37.6. The molecule has 1 saturated carbocycles. The first-order chi connectivity index (χ1) is 25.3. The Labute approximate surface area is 317 Å². The van der Waals surface area contributed by atoms with Crippen LogP contribution in [-0.2, 0) is 14.3 Å². The second-order valence-electron chi connectivity index (χ2n) is 12.7. The predicted molar refractivity (Wildman–Crippen MR) is 196 cm³/mol. The molecule has 12 nitrogen and oxygen atoms in total. The lowest BCUT2D eigenvalue weighted by Gasteiger charge is -2.25. The van der Waals surface area contributed by atoms with Gasteiger partial charge >= 0.3 is 17.9 Å². The van der Waals surface area contributed by atoms with E-state index < -0.39 is 35.4 Å². The standard InChI is InChI=1S/C38H34Cl2N2O10S/c1-7-49-35(45)30-19(2)41-37-42(32(30)21-11-13-24(27(17-21)48-6)51-34(44)25-9-8-14-50-25)33(43)28(53-37)16-20-10-12-23(26(15-20)47-5)52-36(46)31-22(18-29(39)40)38(31,3)4/h8-18,22,31-32H,7H2,1-6H3/b28-16-/t22-,31-,32+/m0/s1. The number of furan rings is 1. The van der Waals surface area contributed by atoms with Crippen molar-refractivity contribution in [1.82, 2.24) is 4.57 Å². The number of benzene rings is 2. The molecule has 1 aliphatic heterocycles. The van der Waals surface area contributed by atoms with Crippen LogP contribution in [-0.4, -0.2) is 43.3 Å². The monoisotopic (exact) mass is 780 g/mol. The third-order valence-electron chi connectivity index (χ3n) is 9.11. The van der Waals surface area contributed by atoms with Gasteiger partial charge in [-0.3, -0.25) is 14.2 Å². The van der Waals surface area contributed by atoms with Gasteiger partial charge in [-0.05, 0) is 84.9 Å². The van der Waals surface area contributed by atoms with Gasteiger partial charge in [0.05, 0.1) is 54.9 Å². The second kappa shape index (κ2) is 15.1. The van der Waals surface area contributed by atoms with E-state index in [-0.39, 0.29) is 56.8 Å². The van der Waals surface area contributed by atoms with Gasteiger partial charge in [-0.25, -0.2) is 14.6 Å². The van der Waals surface area contributed by atoms with E-state index >= 15 is 0 Å². The summed E-state index contributed by atoms with van der Waals surface area (Å²) < 4.78 is 34.7. The molecule has 4 aromatic rings. The van der Waals surface area contributed by atoms with Crippen LogP contribution in [0.4, 0.5) is 0 Å². The van der Waals surface area contributed by atoms with Gasteiger partial charge in [-0.15, -0.1) is 0 Å². The number of aromatic nitrogens is 1. The molecule has 1 aliphatic carbocycles. The summed E-state index contributed by atoms with van der Waals surface area (Å²) in [5, 5.41) is 0. The number of fused-ring (bicyclic) bond motifs is 1. The van der Waals surface area contributed by atoms with Crippen LogP contribution >= 0.6 is 34.5 Å². The molecule has 6 rings (SSSR count). The van der Waals surface area contributed by atoms with Crippen molar-refractivity contribution in [2.45, 2.75) is 33.7 Å². The number of carbonyl (C=O) groups is 3. The van der Waals surface area contributed by atoms with Gasteiger partial charge in [-0.2, -0.15) is 0 Å². The molecule has 0 spiro atoms. The highest BCUT2D eigenvalue weighted by atomic mass is 35.5. The first-order valence-corrected chi connectivity index (χ1v) is 17.9. The number of ether oxygens (including phenoxy) is 5. The Balaban J connectivity index is 1.36. The molecule has 276 valence electrons. The smallest absolute Gasteiger partial charge is 0.379 e. The zero-order valence-electron chi connectivity index (χ0n) is 29.4. The molecule has 2 aliphatic rings. The molecule has 0 N–H and O–H groups in total. The Hall–Kier alpha value is -5.11. The fourth-order valence-electron chi connectivity index (χ4n) is 6.35. The highest BCUT2D eigenvalue weighted by molar-refractivity contribution is 7.07. The molecule has 15 heteroatoms. The third kappa shape index (κ3) is 7.41. The summed E-state index contributed by atoms with van der Waals surface area (Å²) in [6, 6.07) is 11.7. The van der Waals surface area contributed by atoms with Gasteiger partial charge in [-0.1, -0.05) is 60.5 Å². The van der Waals surface area contributed by atoms with Crippen molar-refractivity contribution in [1.29, 1.82) is 0 Å². The first-order valence-electron chi connectivity index (χ1n) is 16.3. The summed E-state index contributed by atoms with van der Waals surface area (Å²) in [7, 11) is 2.85. The lowest BCUT2D eigenvalue weighted by molar-refractivity contribution is -0.139. The highest BCUT2D eigenvalue weighted by Crippen LogP contribution is 2.60. The van der Waals surface area contributed by atoms with Gasteiger partial charge in [0.25, 0.3) is 5.56 Å². The van der Waals surface area contributed by atoms with Gasteiger partial charge in [0.15, 0.2) is 27.8 Å². The summed E-state index contributed by atoms with van der Waals surface area (Å²) >= 11 is 12.8. The summed E-state index contributed by atoms with van der Waals surface area (Å²) in [6.07, 6.45) is 4.65. The summed E-state index contributed by atoms with van der Waals surface area (Å²) in [5.74, 6) is -1.66. The second-order valence-corrected chi connectivity index (χ2v) is 14.7. The summed E-state index contributed by atoms with van der Waals surface area (Å²) in [6.45, 7) is 7.32. The summed E-state index contributed by atoms with van der Waals surface area (Å²) in [4.78, 5) is 58.3. The number of nitrogens with zero attached hydrogens (tertiary/aromatic N) is 2. The minimum absolute atomic E-state index is 0.00153. The molecule has 53 heavy (non-hydrogen) atoms. The number of allylic oxidation sites excluding steroid dienone is 2. The molecule has 0 amide bonds. The molecule has 1 fully saturated rings. The molecule has 0 bridgehead atoms. The molecular formula is C38H34Cl2N2O10S. The van der Waals surface area contributed by atoms with Crippen LogP contribution in [0.2, 0.25) is 0 Å². The van der Waals surface area contributed by atoms with Gasteiger partial charge in [0.2, 0.25) is 5.76 Å². The van der Waals surface area contributed by atoms with E-state index in [1.807, 2.05) is 13.8 Å². The van der Waals surface area contributed by atoms with E-state index in [1.165, 1.54) is 37.2 Å². The van der Waals surface area contributed by atoms with Crippen molar-refractivity contribution in [3.05, 3.63) is 113 Å². The van der Waals surface area contributed by atoms with Crippen molar-refractivity contribution in [3.8, 4) is 23.0 Å². The molecule has 2 aromatic carbocycles. The number of halogens is 2. The van der Waals surface area contributed by atoms with E-state index in [2.05, 4.69) is 4.99 Å². The van der Waals surface area contributed by atoms with Crippen LogP contribution in [0, 0.1) is 17.3 Å². The van der Waals surface area contributed by atoms with Gasteiger partial charge in [0.1, 0.15) is 4.49 Å². The van der Waals surface area contributed by atoms with Crippen molar-refractivity contribution < 1.29 is 42.5 Å². The van der Waals surface area contributed by atoms with Crippen molar-refractivity contribution >= 4 is 58.5 Å². The zero-order valence-corrected chi connectivity index (χ0v) is 31.8. The minimum Gasteiger partial charge on any atom is -0.493 e. The Kier molecular flexibility index (Phi) is 10.7. The quantitative estimate of drug-likeness (QED) is 0.129. The van der Waals surface area contributed by atoms with Crippen LogP contribution in [0.5, 0.6) is 23.0 Å². The van der Waals surface area contributed by atoms with Crippen LogP contribution in [0.3, 0.4) is 0 Å². The number of rotatable bonds is 11. The Morgan fingerprint density at radius 2 is 1.68 bits per heavy atom. The van der Waals surface area contributed by atoms with Gasteiger partial charge in [0, 0.05) is 0 Å². The molecule has 0 radical (unpaired) electrons. The van der Waals surface area contributed by atoms with Crippen LogP contribution in [0.15, 0.2) is 90.8 Å². The maximum absolute atomic E-state index is 14.2. The fourth-order valence-corrected chi connectivity index (χ4v) is 7.66. The molecule has 0 unspecified atom stereocenters. The molecule has 3 heterocycles. The van der Waals surface area contributed by atoms with E-state index in [0.29, 0.717) is 26.2 Å². The number of hydrogen-bond donors (Lipinski definition) is 0. The number of carbonyl (C=O) groups excluding carboxylic acids is 3. The van der Waals surface area contributed by atoms with Gasteiger partial charge < -0.3 is 28.1 Å². The van der Waals surface area contributed by atoms with Crippen LogP contribution in [0.1, 0.15) is 55.4 Å². The van der Waals surface area contributed by atoms with Crippen LogP contribution < -0.4 is 33.8 Å². The molecule has 3 atom stereocenters.